The first kappa shape index (κ1) is 15.3. The zero-order chi connectivity index (χ0) is 17.2. The summed E-state index contributed by atoms with van der Waals surface area (Å²) in [6.45, 7) is 0.288. The standard InChI is InChI=1S/C18H15FN4O2/c19-14-3-1-2-12(8-14)10-25-15-6-4-13(5-7-15)16-9-17(24)22-18-20-11-21-23(16)18/h1-8,11,16H,9-10H2,(H,20,21,22,24). The number of aromatic nitrogens is 3. The Morgan fingerprint density at radius 3 is 2.88 bits per heavy atom. The molecule has 1 N–H and O–H groups in total. The van der Waals surface area contributed by atoms with E-state index >= 15 is 0 Å². The van der Waals surface area contributed by atoms with Gasteiger partial charge in [0.05, 0.1) is 12.5 Å². The van der Waals surface area contributed by atoms with Gasteiger partial charge in [0.2, 0.25) is 11.9 Å². The zero-order valence-corrected chi connectivity index (χ0v) is 13.2. The maximum Gasteiger partial charge on any atom is 0.229 e. The van der Waals surface area contributed by atoms with Crippen LogP contribution in [0.2, 0.25) is 0 Å². The monoisotopic (exact) mass is 338 g/mol. The molecule has 1 amide bonds. The van der Waals surface area contributed by atoms with E-state index in [1.165, 1.54) is 18.5 Å². The van der Waals surface area contributed by atoms with Crippen molar-refractivity contribution in [3.8, 4) is 5.75 Å². The molecule has 7 heteroatoms. The van der Waals surface area contributed by atoms with Crippen molar-refractivity contribution in [2.45, 2.75) is 19.1 Å². The second kappa shape index (κ2) is 6.35. The summed E-state index contributed by atoms with van der Waals surface area (Å²) in [6, 6.07) is 13.6. The van der Waals surface area contributed by atoms with Gasteiger partial charge in [-0.15, -0.1) is 0 Å². The van der Waals surface area contributed by atoms with Gasteiger partial charge in [-0.05, 0) is 35.4 Å². The van der Waals surface area contributed by atoms with Gasteiger partial charge in [-0.3, -0.25) is 10.1 Å². The molecule has 0 fully saturated rings. The van der Waals surface area contributed by atoms with Crippen molar-refractivity contribution in [2.24, 2.45) is 0 Å². The van der Waals surface area contributed by atoms with Crippen molar-refractivity contribution >= 4 is 11.9 Å². The van der Waals surface area contributed by atoms with Gasteiger partial charge in [0.25, 0.3) is 0 Å². The summed E-state index contributed by atoms with van der Waals surface area (Å²) < 4.78 is 20.6. The van der Waals surface area contributed by atoms with E-state index in [0.29, 0.717) is 18.1 Å². The number of nitrogens with one attached hydrogen (secondary N) is 1. The summed E-state index contributed by atoms with van der Waals surface area (Å²) in [7, 11) is 0. The predicted octanol–water partition coefficient (Wildman–Crippen LogP) is 2.93. The van der Waals surface area contributed by atoms with E-state index in [1.807, 2.05) is 30.3 Å². The molecule has 1 aromatic heterocycles. The summed E-state index contributed by atoms with van der Waals surface area (Å²) in [5.41, 5.74) is 1.71. The second-order valence-electron chi connectivity index (χ2n) is 5.78. The lowest BCUT2D eigenvalue weighted by atomic mass is 10.0. The van der Waals surface area contributed by atoms with E-state index in [0.717, 1.165) is 11.1 Å². The molecule has 1 aliphatic heterocycles. The van der Waals surface area contributed by atoms with E-state index < -0.39 is 0 Å². The minimum absolute atomic E-state index is 0.0862. The Bertz CT molecular complexity index is 907. The van der Waals surface area contributed by atoms with E-state index in [9.17, 15) is 9.18 Å². The molecule has 1 atom stereocenters. The Morgan fingerprint density at radius 1 is 1.24 bits per heavy atom. The molecule has 4 rings (SSSR count). The summed E-state index contributed by atoms with van der Waals surface area (Å²) in [5.74, 6) is 0.757. The number of hydrogen-bond donors (Lipinski definition) is 1. The highest BCUT2D eigenvalue weighted by molar-refractivity contribution is 5.91. The van der Waals surface area contributed by atoms with E-state index in [4.69, 9.17) is 4.74 Å². The molecule has 0 saturated carbocycles. The smallest absolute Gasteiger partial charge is 0.229 e. The number of carbonyl (C=O) groups excluding carboxylic acids is 1. The molecule has 2 heterocycles. The molecular formula is C18H15FN4O2. The summed E-state index contributed by atoms with van der Waals surface area (Å²) in [6.07, 6.45) is 1.73. The minimum Gasteiger partial charge on any atom is -0.489 e. The molecule has 6 nitrogen and oxygen atoms in total. The first-order chi connectivity index (χ1) is 12.2. The lowest BCUT2D eigenvalue weighted by Crippen LogP contribution is -2.29. The van der Waals surface area contributed by atoms with E-state index in [1.54, 1.807) is 10.7 Å². The molecular weight excluding hydrogens is 323 g/mol. The SMILES string of the molecule is O=C1CC(c2ccc(OCc3cccc(F)c3)cc2)n2ncnc2N1. The maximum absolute atomic E-state index is 13.2. The molecule has 3 aromatic rings. The van der Waals surface area contributed by atoms with Crippen LogP contribution in [0.25, 0.3) is 0 Å². The second-order valence-corrected chi connectivity index (χ2v) is 5.78. The number of nitrogens with zero attached hydrogens (tertiary/aromatic N) is 3. The summed E-state index contributed by atoms with van der Waals surface area (Å²) >= 11 is 0. The van der Waals surface area contributed by atoms with Gasteiger partial charge in [0, 0.05) is 0 Å². The first-order valence-corrected chi connectivity index (χ1v) is 7.85. The summed E-state index contributed by atoms with van der Waals surface area (Å²) in [5, 5.41) is 6.87. The number of anilines is 1. The molecule has 25 heavy (non-hydrogen) atoms. The number of amides is 1. The number of ether oxygens (including phenoxy) is 1. The van der Waals surface area contributed by atoms with E-state index in [2.05, 4.69) is 15.4 Å². The Morgan fingerprint density at radius 2 is 2.08 bits per heavy atom. The van der Waals surface area contributed by atoms with Crippen molar-refractivity contribution in [3.63, 3.8) is 0 Å². The number of carbonyl (C=O) groups is 1. The molecule has 126 valence electrons. The lowest BCUT2D eigenvalue weighted by Gasteiger charge is -2.23. The fourth-order valence-electron chi connectivity index (χ4n) is 2.84. The van der Waals surface area contributed by atoms with Crippen LogP contribution >= 0.6 is 0 Å². The topological polar surface area (TPSA) is 69.0 Å². The fraction of sp³-hybridized carbons (Fsp3) is 0.167. The highest BCUT2D eigenvalue weighted by atomic mass is 19.1. The zero-order valence-electron chi connectivity index (χ0n) is 13.2. The van der Waals surface area contributed by atoms with Gasteiger partial charge in [0.15, 0.2) is 0 Å². The Labute approximate surface area is 143 Å². The third-order valence-corrected chi connectivity index (χ3v) is 4.06. The van der Waals surface area contributed by atoms with Crippen molar-refractivity contribution in [1.29, 1.82) is 0 Å². The molecule has 0 spiro atoms. The maximum atomic E-state index is 13.2. The van der Waals surface area contributed by atoms with Crippen LogP contribution in [-0.4, -0.2) is 20.7 Å². The fourth-order valence-corrected chi connectivity index (χ4v) is 2.84. The van der Waals surface area contributed by atoms with Gasteiger partial charge < -0.3 is 4.74 Å². The third-order valence-electron chi connectivity index (χ3n) is 4.06. The number of rotatable bonds is 4. The van der Waals surface area contributed by atoms with Crippen molar-refractivity contribution < 1.29 is 13.9 Å². The molecule has 0 aliphatic carbocycles. The Kier molecular flexibility index (Phi) is 3.89. The van der Waals surface area contributed by atoms with Crippen LogP contribution in [0.5, 0.6) is 5.75 Å². The molecule has 0 bridgehead atoms. The lowest BCUT2D eigenvalue weighted by molar-refractivity contribution is -0.117. The largest absolute Gasteiger partial charge is 0.489 e. The highest BCUT2D eigenvalue weighted by Crippen LogP contribution is 2.29. The van der Waals surface area contributed by atoms with Gasteiger partial charge in [-0.2, -0.15) is 10.1 Å². The quantitative estimate of drug-likeness (QED) is 0.794. The molecule has 0 radical (unpaired) electrons. The van der Waals surface area contributed by atoms with Crippen molar-refractivity contribution in [2.75, 3.05) is 5.32 Å². The first-order valence-electron chi connectivity index (χ1n) is 7.85. The Hall–Kier alpha value is -3.22. The molecule has 1 unspecified atom stereocenters. The normalized spacial score (nSPS) is 16.2. The van der Waals surface area contributed by atoms with Gasteiger partial charge in [-0.25, -0.2) is 9.07 Å². The van der Waals surface area contributed by atoms with Gasteiger partial charge in [0.1, 0.15) is 24.5 Å². The van der Waals surface area contributed by atoms with Crippen molar-refractivity contribution in [3.05, 3.63) is 71.8 Å². The average Bonchev–Trinajstić information content (AvgIpc) is 3.08. The van der Waals surface area contributed by atoms with Crippen molar-refractivity contribution in [1.82, 2.24) is 14.8 Å². The summed E-state index contributed by atoms with van der Waals surface area (Å²) in [4.78, 5) is 15.8. The van der Waals surface area contributed by atoms with Crippen LogP contribution < -0.4 is 10.1 Å². The number of fused-ring (bicyclic) bond motifs is 1. The predicted molar refractivity (Wildman–Crippen MR) is 88.6 cm³/mol. The van der Waals surface area contributed by atoms with Crippen LogP contribution in [0.3, 0.4) is 0 Å². The minimum atomic E-state index is -0.282. The molecule has 0 saturated heterocycles. The third kappa shape index (κ3) is 3.21. The number of hydrogen-bond acceptors (Lipinski definition) is 4. The number of halogens is 1. The van der Waals surface area contributed by atoms with Gasteiger partial charge >= 0.3 is 0 Å². The highest BCUT2D eigenvalue weighted by Gasteiger charge is 2.27. The Balaban J connectivity index is 1.48. The average molecular weight is 338 g/mol. The van der Waals surface area contributed by atoms with Crippen LogP contribution in [-0.2, 0) is 11.4 Å². The molecule has 2 aromatic carbocycles. The van der Waals surface area contributed by atoms with Crippen LogP contribution in [0.1, 0.15) is 23.6 Å². The number of benzene rings is 2. The van der Waals surface area contributed by atoms with E-state index in [-0.39, 0.29) is 24.4 Å². The van der Waals surface area contributed by atoms with Crippen LogP contribution in [0.4, 0.5) is 10.3 Å². The molecule has 1 aliphatic rings. The van der Waals surface area contributed by atoms with Crippen LogP contribution in [0, 0.1) is 5.82 Å². The van der Waals surface area contributed by atoms with Gasteiger partial charge in [-0.1, -0.05) is 24.3 Å². The van der Waals surface area contributed by atoms with Crippen LogP contribution in [0.15, 0.2) is 54.9 Å².